The van der Waals surface area contributed by atoms with Crippen LogP contribution in [0.3, 0.4) is 0 Å². The quantitative estimate of drug-likeness (QED) is 0.637. The lowest BCUT2D eigenvalue weighted by Crippen LogP contribution is -2.21. The molecule has 0 aromatic carbocycles. The second kappa shape index (κ2) is 4.84. The van der Waals surface area contributed by atoms with Crippen molar-refractivity contribution in [2.75, 3.05) is 0 Å². The molecule has 0 aliphatic heterocycles. The van der Waals surface area contributed by atoms with Crippen molar-refractivity contribution in [3.63, 3.8) is 0 Å². The summed E-state index contributed by atoms with van der Waals surface area (Å²) < 4.78 is -1.92. The van der Waals surface area contributed by atoms with Gasteiger partial charge in [-0.15, -0.1) is 0 Å². The molecule has 0 aromatic heterocycles. The van der Waals surface area contributed by atoms with Crippen molar-refractivity contribution in [3.05, 3.63) is 10.1 Å². The van der Waals surface area contributed by atoms with Crippen molar-refractivity contribution in [3.8, 4) is 0 Å². The summed E-state index contributed by atoms with van der Waals surface area (Å²) in [6, 6.07) is 0. The minimum absolute atomic E-state index is 0.614. The van der Waals surface area contributed by atoms with Crippen molar-refractivity contribution in [1.82, 2.24) is 0 Å². The monoisotopic (exact) mass is 327 g/mol. The molecule has 3 nitrogen and oxygen atoms in total. The van der Waals surface area contributed by atoms with Gasteiger partial charge in [-0.05, 0) is 15.9 Å². The molecule has 0 unspecified atom stereocenters. The molecule has 0 radical (unpaired) electrons. The van der Waals surface area contributed by atoms with Gasteiger partial charge in [0.2, 0.25) is 9.03 Å². The second-order valence-corrected chi connectivity index (χ2v) is 6.00. The van der Waals surface area contributed by atoms with Gasteiger partial charge in [0.1, 0.15) is 10.1 Å². The van der Waals surface area contributed by atoms with Gasteiger partial charge in [0.15, 0.2) is 0 Å². The molecule has 0 fully saturated rings. The van der Waals surface area contributed by atoms with Crippen LogP contribution in [0.15, 0.2) is 10.1 Å². The highest BCUT2D eigenvalue weighted by Gasteiger charge is 2.34. The summed E-state index contributed by atoms with van der Waals surface area (Å²) >= 11 is 23.9. The van der Waals surface area contributed by atoms with E-state index in [0.717, 1.165) is 0 Å². The Morgan fingerprint density at radius 3 is 1.77 bits per heavy atom. The molecule has 13 heavy (non-hydrogen) atoms. The lowest BCUT2D eigenvalue weighted by Gasteiger charge is -2.08. The number of carbonyl (C=O) groups excluding carboxylic acids is 2. The van der Waals surface area contributed by atoms with E-state index in [9.17, 15) is 9.59 Å². The summed E-state index contributed by atoms with van der Waals surface area (Å²) in [6.45, 7) is 0. The van der Waals surface area contributed by atoms with E-state index in [1.54, 1.807) is 0 Å². The number of Topliss-reactive ketones (excluding diaryl/α,β-unsaturated/α-hetero) is 1. The Balaban J connectivity index is 5.01. The molecule has 0 bridgehead atoms. The molecule has 0 heterocycles. The molecule has 0 spiro atoms. The lowest BCUT2D eigenvalue weighted by molar-refractivity contribution is -0.116. The zero-order valence-electron chi connectivity index (χ0n) is 5.78. The maximum absolute atomic E-state index is 11.1. The first-order chi connectivity index (χ1) is 5.68. The zero-order chi connectivity index (χ0) is 10.8. The Hall–Kier alpha value is 0.520. The first-order valence-corrected chi connectivity index (χ1v) is 4.95. The first kappa shape index (κ1) is 13.5. The van der Waals surface area contributed by atoms with Gasteiger partial charge in [0.25, 0.3) is 5.91 Å². The van der Waals surface area contributed by atoms with Crippen LogP contribution in [0.5, 0.6) is 0 Å². The third kappa shape index (κ3) is 4.04. The fourth-order valence-corrected chi connectivity index (χ4v) is 1.25. The normalized spacial score (nSPS) is 13.6. The van der Waals surface area contributed by atoms with E-state index in [2.05, 4.69) is 15.9 Å². The van der Waals surface area contributed by atoms with E-state index in [1.165, 1.54) is 0 Å². The maximum atomic E-state index is 11.1. The van der Waals surface area contributed by atoms with Crippen LogP contribution in [0.4, 0.5) is 0 Å². The predicted octanol–water partition coefficient (Wildman–Crippen LogP) is 2.26. The van der Waals surface area contributed by atoms with Gasteiger partial charge >= 0.3 is 0 Å². The Morgan fingerprint density at radius 1 is 1.15 bits per heavy atom. The van der Waals surface area contributed by atoms with Crippen molar-refractivity contribution in [1.29, 1.82) is 0 Å². The van der Waals surface area contributed by atoms with Crippen molar-refractivity contribution < 1.29 is 9.59 Å². The van der Waals surface area contributed by atoms with Crippen molar-refractivity contribution in [2.24, 2.45) is 5.73 Å². The second-order valence-electron chi connectivity index (χ2n) is 1.82. The Labute approximate surface area is 102 Å². The van der Waals surface area contributed by atoms with Crippen LogP contribution < -0.4 is 5.73 Å². The average Bonchev–Trinajstić information content (AvgIpc) is 1.98. The molecular weight excluding hydrogens is 328 g/mol. The van der Waals surface area contributed by atoms with Gasteiger partial charge in [0.05, 0.1) is 0 Å². The minimum atomic E-state index is -1.92. The topological polar surface area (TPSA) is 60.2 Å². The number of ketones is 1. The summed E-state index contributed by atoms with van der Waals surface area (Å²) in [7, 11) is 0. The molecule has 1 amide bonds. The molecule has 0 aromatic rings. The first-order valence-electron chi connectivity index (χ1n) is 2.64. The number of nitrogens with two attached hydrogens (primary N) is 1. The van der Waals surface area contributed by atoms with Gasteiger partial charge in [-0.2, -0.15) is 0 Å². The van der Waals surface area contributed by atoms with E-state index in [-0.39, 0.29) is 0 Å². The number of allylic oxidation sites excluding steroid dienone is 1. The van der Waals surface area contributed by atoms with E-state index in [4.69, 9.17) is 52.1 Å². The number of hydrogen-bond acceptors (Lipinski definition) is 2. The van der Waals surface area contributed by atoms with Crippen LogP contribution in [0.2, 0.25) is 0 Å². The molecule has 0 aliphatic carbocycles. The molecule has 8 heteroatoms. The zero-order valence-corrected chi connectivity index (χ0v) is 10.4. The number of alkyl halides is 3. The Morgan fingerprint density at radius 2 is 1.54 bits per heavy atom. The van der Waals surface area contributed by atoms with Crippen LogP contribution in [0, 0.1) is 0 Å². The number of hydrogen-bond donors (Lipinski definition) is 1. The molecule has 74 valence electrons. The van der Waals surface area contributed by atoms with Gasteiger partial charge in [-0.25, -0.2) is 0 Å². The molecular formula is C5H2BrCl4NO2. The fraction of sp³-hybridized carbons (Fsp3) is 0.200. The molecule has 0 saturated carbocycles. The van der Waals surface area contributed by atoms with Crippen LogP contribution in [0.25, 0.3) is 0 Å². The van der Waals surface area contributed by atoms with Gasteiger partial charge in [-0.1, -0.05) is 46.4 Å². The molecule has 2 N–H and O–H groups in total. The maximum Gasteiger partial charge on any atom is 0.261 e. The van der Waals surface area contributed by atoms with Gasteiger partial charge in [-0.3, -0.25) is 9.59 Å². The minimum Gasteiger partial charge on any atom is -0.365 e. The van der Waals surface area contributed by atoms with Crippen LogP contribution in [-0.2, 0) is 9.59 Å². The number of amides is 1. The SMILES string of the molecule is NC(=O)/C(Cl)=C(\Cl)C(=O)C(Cl)(Cl)Br. The van der Waals surface area contributed by atoms with Crippen LogP contribution in [0.1, 0.15) is 0 Å². The van der Waals surface area contributed by atoms with E-state index >= 15 is 0 Å². The highest BCUT2D eigenvalue weighted by Crippen LogP contribution is 2.34. The third-order valence-electron chi connectivity index (χ3n) is 0.866. The highest BCUT2D eigenvalue weighted by molar-refractivity contribution is 9.11. The Kier molecular flexibility index (Phi) is 5.04. The highest BCUT2D eigenvalue weighted by atomic mass is 79.9. The van der Waals surface area contributed by atoms with E-state index < -0.39 is 25.0 Å². The number of carbonyl (C=O) groups is 2. The summed E-state index contributed by atoms with van der Waals surface area (Å²) in [6.07, 6.45) is 0. The average molecular weight is 330 g/mol. The van der Waals surface area contributed by atoms with Crippen LogP contribution in [-0.4, -0.2) is 14.9 Å². The van der Waals surface area contributed by atoms with Crippen LogP contribution >= 0.6 is 62.3 Å². The van der Waals surface area contributed by atoms with Gasteiger partial charge < -0.3 is 5.73 Å². The summed E-state index contributed by atoms with van der Waals surface area (Å²) in [5.74, 6) is -1.99. The fourth-order valence-electron chi connectivity index (χ4n) is 0.332. The summed E-state index contributed by atoms with van der Waals surface area (Å²) in [5.41, 5.74) is 4.75. The van der Waals surface area contributed by atoms with E-state index in [0.29, 0.717) is 0 Å². The summed E-state index contributed by atoms with van der Waals surface area (Å²) in [4.78, 5) is 21.6. The third-order valence-corrected chi connectivity index (χ3v) is 2.40. The molecule has 0 atom stereocenters. The van der Waals surface area contributed by atoms with E-state index in [1.807, 2.05) is 0 Å². The predicted molar refractivity (Wildman–Crippen MR) is 56.3 cm³/mol. The molecule has 0 aliphatic rings. The number of primary amides is 1. The standard InChI is InChI=1S/C5H2BrCl4NO2/c6-5(9,10)3(12)1(7)2(8)4(11)13/h(H2,11,13)/b2-1+. The number of halogens is 5. The van der Waals surface area contributed by atoms with Crippen molar-refractivity contribution in [2.45, 2.75) is 3.24 Å². The Bertz CT molecular complexity index is 283. The van der Waals surface area contributed by atoms with Crippen molar-refractivity contribution >= 4 is 74.0 Å². The number of rotatable bonds is 3. The summed E-state index contributed by atoms with van der Waals surface area (Å²) in [5, 5.41) is -1.23. The smallest absolute Gasteiger partial charge is 0.261 e. The van der Waals surface area contributed by atoms with Gasteiger partial charge in [0, 0.05) is 0 Å². The molecule has 0 rings (SSSR count). The molecule has 0 saturated heterocycles. The largest absolute Gasteiger partial charge is 0.365 e. The lowest BCUT2D eigenvalue weighted by atomic mass is 10.3.